The summed E-state index contributed by atoms with van der Waals surface area (Å²) < 4.78 is 5.38. The molecule has 0 atom stereocenters. The molecule has 0 bridgehead atoms. The number of nitrogens with one attached hydrogen (secondary N) is 1. The molecule has 4 rings (SSSR count). The molecule has 26 heavy (non-hydrogen) atoms. The number of carbonyl (C=O) groups excluding carboxylic acids is 1. The third-order valence-electron chi connectivity index (χ3n) is 4.39. The van der Waals surface area contributed by atoms with Gasteiger partial charge in [-0.25, -0.2) is 9.97 Å². The number of aromatic nitrogens is 3. The fourth-order valence-electron chi connectivity index (χ4n) is 3.06. The summed E-state index contributed by atoms with van der Waals surface area (Å²) in [7, 11) is 1.82. The summed E-state index contributed by atoms with van der Waals surface area (Å²) in [6.07, 6.45) is 3.74. The fraction of sp³-hybridized carbons (Fsp3) is 0.263. The van der Waals surface area contributed by atoms with Crippen molar-refractivity contribution >= 4 is 28.4 Å². The lowest BCUT2D eigenvalue weighted by Gasteiger charge is -2.20. The van der Waals surface area contributed by atoms with E-state index in [0.717, 1.165) is 28.0 Å². The molecule has 0 aliphatic carbocycles. The van der Waals surface area contributed by atoms with Crippen LogP contribution in [-0.2, 0) is 9.53 Å². The zero-order valence-electron chi connectivity index (χ0n) is 14.5. The van der Waals surface area contributed by atoms with Crippen molar-refractivity contribution < 1.29 is 9.53 Å². The topological polar surface area (TPSA) is 80.2 Å². The maximum Gasteiger partial charge on any atom is 0.229 e. The number of rotatable bonds is 3. The minimum absolute atomic E-state index is 0.0897. The van der Waals surface area contributed by atoms with Crippen molar-refractivity contribution in [2.45, 2.75) is 6.42 Å². The molecule has 132 valence electrons. The van der Waals surface area contributed by atoms with Gasteiger partial charge < -0.3 is 15.0 Å². The van der Waals surface area contributed by atoms with Crippen molar-refractivity contribution in [3.63, 3.8) is 0 Å². The summed E-state index contributed by atoms with van der Waals surface area (Å²) in [5, 5.41) is 3.08. The van der Waals surface area contributed by atoms with Crippen LogP contribution in [0.15, 0.2) is 42.7 Å². The standard InChI is InChI=1S/C19H19N5O2/c1-20-19-18-16(21-7-8-22-18)12-15(23-19)13-2-4-14(5-3-13)24-9-11-26-10-6-17(24)25/h2-5,7-8,12H,6,9-11H2,1H3,(H,20,23). The smallest absolute Gasteiger partial charge is 0.229 e. The van der Waals surface area contributed by atoms with E-state index < -0.39 is 0 Å². The van der Waals surface area contributed by atoms with Crippen LogP contribution in [0.2, 0.25) is 0 Å². The van der Waals surface area contributed by atoms with Crippen LogP contribution in [0.1, 0.15) is 6.42 Å². The average molecular weight is 349 g/mol. The number of nitrogens with zero attached hydrogens (tertiary/aromatic N) is 4. The first-order valence-electron chi connectivity index (χ1n) is 8.54. The number of pyridine rings is 1. The second-order valence-corrected chi connectivity index (χ2v) is 5.98. The van der Waals surface area contributed by atoms with E-state index in [4.69, 9.17) is 4.74 Å². The highest BCUT2D eigenvalue weighted by Gasteiger charge is 2.18. The third-order valence-corrected chi connectivity index (χ3v) is 4.39. The molecule has 1 N–H and O–H groups in total. The van der Waals surface area contributed by atoms with E-state index in [-0.39, 0.29) is 5.91 Å². The molecule has 0 spiro atoms. The monoisotopic (exact) mass is 349 g/mol. The first-order chi connectivity index (χ1) is 12.8. The minimum atomic E-state index is 0.0897. The number of fused-ring (bicyclic) bond motifs is 1. The summed E-state index contributed by atoms with van der Waals surface area (Å²) in [6, 6.07) is 9.75. The van der Waals surface area contributed by atoms with Crippen LogP contribution >= 0.6 is 0 Å². The van der Waals surface area contributed by atoms with Crippen molar-refractivity contribution in [1.82, 2.24) is 15.0 Å². The van der Waals surface area contributed by atoms with E-state index >= 15 is 0 Å². The van der Waals surface area contributed by atoms with Crippen LogP contribution in [0.4, 0.5) is 11.5 Å². The van der Waals surface area contributed by atoms with Crippen molar-refractivity contribution in [1.29, 1.82) is 0 Å². The second-order valence-electron chi connectivity index (χ2n) is 5.98. The maximum atomic E-state index is 12.2. The lowest BCUT2D eigenvalue weighted by Crippen LogP contribution is -2.31. The Labute approximate surface area is 151 Å². The SMILES string of the molecule is CNc1nc(-c2ccc(N3CCOCCC3=O)cc2)cc2nccnc12. The van der Waals surface area contributed by atoms with Crippen molar-refractivity contribution in [2.24, 2.45) is 0 Å². The lowest BCUT2D eigenvalue weighted by molar-refractivity contribution is -0.118. The van der Waals surface area contributed by atoms with Gasteiger partial charge in [-0.1, -0.05) is 12.1 Å². The molecule has 1 aliphatic rings. The van der Waals surface area contributed by atoms with Gasteiger partial charge in [0.2, 0.25) is 5.91 Å². The van der Waals surface area contributed by atoms with E-state index in [2.05, 4.69) is 20.3 Å². The van der Waals surface area contributed by atoms with Gasteiger partial charge in [-0.05, 0) is 18.2 Å². The van der Waals surface area contributed by atoms with E-state index in [9.17, 15) is 4.79 Å². The molecule has 1 amide bonds. The summed E-state index contributed by atoms with van der Waals surface area (Å²) in [6.45, 7) is 1.62. The molecular weight excluding hydrogens is 330 g/mol. The average Bonchev–Trinajstić information content (AvgIpc) is 2.91. The largest absolute Gasteiger partial charge is 0.379 e. The minimum Gasteiger partial charge on any atom is -0.379 e. The van der Waals surface area contributed by atoms with Crippen molar-refractivity contribution in [3.05, 3.63) is 42.7 Å². The van der Waals surface area contributed by atoms with E-state index in [1.807, 2.05) is 37.4 Å². The first-order valence-corrected chi connectivity index (χ1v) is 8.54. The first kappa shape index (κ1) is 16.4. The lowest BCUT2D eigenvalue weighted by atomic mass is 10.1. The molecular formula is C19H19N5O2. The number of hydrogen-bond donors (Lipinski definition) is 1. The van der Waals surface area contributed by atoms with Crippen LogP contribution in [-0.4, -0.2) is 47.7 Å². The number of anilines is 2. The number of ether oxygens (including phenoxy) is 1. The second kappa shape index (κ2) is 7.05. The summed E-state index contributed by atoms with van der Waals surface area (Å²) in [5.74, 6) is 0.779. The van der Waals surface area contributed by atoms with Gasteiger partial charge in [0.15, 0.2) is 5.82 Å². The number of benzene rings is 1. The predicted molar refractivity (Wildman–Crippen MR) is 100 cm³/mol. The Bertz CT molecular complexity index is 942. The van der Waals surface area contributed by atoms with Crippen LogP contribution in [0.3, 0.4) is 0 Å². The summed E-state index contributed by atoms with van der Waals surface area (Å²) in [4.78, 5) is 27.3. The molecule has 1 aliphatic heterocycles. The number of carbonyl (C=O) groups is 1. The maximum absolute atomic E-state index is 12.2. The highest BCUT2D eigenvalue weighted by molar-refractivity contribution is 5.94. The Morgan fingerprint density at radius 3 is 2.73 bits per heavy atom. The van der Waals surface area contributed by atoms with Gasteiger partial charge in [-0.2, -0.15) is 0 Å². The van der Waals surface area contributed by atoms with Gasteiger partial charge in [0.1, 0.15) is 5.52 Å². The molecule has 1 fully saturated rings. The van der Waals surface area contributed by atoms with Crippen LogP contribution < -0.4 is 10.2 Å². The predicted octanol–water partition coefficient (Wildman–Crippen LogP) is 2.49. The molecule has 2 aromatic heterocycles. The van der Waals surface area contributed by atoms with E-state index in [1.54, 1.807) is 17.3 Å². The Morgan fingerprint density at radius 1 is 1.12 bits per heavy atom. The highest BCUT2D eigenvalue weighted by atomic mass is 16.5. The highest BCUT2D eigenvalue weighted by Crippen LogP contribution is 2.27. The van der Waals surface area contributed by atoms with E-state index in [0.29, 0.717) is 32.0 Å². The van der Waals surface area contributed by atoms with Crippen LogP contribution in [0, 0.1) is 0 Å². The zero-order chi connectivity index (χ0) is 17.9. The van der Waals surface area contributed by atoms with Gasteiger partial charge in [-0.3, -0.25) is 9.78 Å². The van der Waals surface area contributed by atoms with Gasteiger partial charge in [0.25, 0.3) is 0 Å². The summed E-state index contributed by atoms with van der Waals surface area (Å²) >= 11 is 0. The molecule has 0 radical (unpaired) electrons. The summed E-state index contributed by atoms with van der Waals surface area (Å²) in [5.41, 5.74) is 4.16. The molecule has 0 unspecified atom stereocenters. The molecule has 7 heteroatoms. The van der Waals surface area contributed by atoms with Crippen molar-refractivity contribution in [3.8, 4) is 11.3 Å². The quantitative estimate of drug-likeness (QED) is 0.782. The Balaban J connectivity index is 1.68. The van der Waals surface area contributed by atoms with Gasteiger partial charge in [0, 0.05) is 37.2 Å². The Morgan fingerprint density at radius 2 is 1.92 bits per heavy atom. The van der Waals surface area contributed by atoms with Gasteiger partial charge in [0.05, 0.1) is 30.8 Å². The molecule has 1 saturated heterocycles. The Kier molecular flexibility index (Phi) is 4.45. The molecule has 1 aromatic carbocycles. The van der Waals surface area contributed by atoms with Crippen LogP contribution in [0.5, 0.6) is 0 Å². The molecule has 7 nitrogen and oxygen atoms in total. The number of hydrogen-bond acceptors (Lipinski definition) is 6. The van der Waals surface area contributed by atoms with Crippen molar-refractivity contribution in [2.75, 3.05) is 37.0 Å². The molecule has 3 heterocycles. The molecule has 0 saturated carbocycles. The van der Waals surface area contributed by atoms with Gasteiger partial charge >= 0.3 is 0 Å². The third kappa shape index (κ3) is 3.09. The zero-order valence-corrected chi connectivity index (χ0v) is 14.5. The Hall–Kier alpha value is -3.06. The molecule has 3 aromatic rings. The normalized spacial score (nSPS) is 15.1. The van der Waals surface area contributed by atoms with Crippen LogP contribution in [0.25, 0.3) is 22.3 Å². The fourth-order valence-corrected chi connectivity index (χ4v) is 3.06. The number of amides is 1. The van der Waals surface area contributed by atoms with E-state index in [1.165, 1.54) is 0 Å². The van der Waals surface area contributed by atoms with Gasteiger partial charge in [-0.15, -0.1) is 0 Å².